The van der Waals surface area contributed by atoms with Gasteiger partial charge in [-0.1, -0.05) is 49.4 Å². The molecule has 0 bridgehead atoms. The van der Waals surface area contributed by atoms with Gasteiger partial charge in [-0.05, 0) is 27.2 Å². The first kappa shape index (κ1) is 14.9. The van der Waals surface area contributed by atoms with Crippen LogP contribution in [0.25, 0.3) is 32.8 Å². The summed E-state index contributed by atoms with van der Waals surface area (Å²) < 4.78 is 0. The summed E-state index contributed by atoms with van der Waals surface area (Å²) in [4.78, 5) is 4.58. The molecule has 0 amide bonds. The summed E-state index contributed by atoms with van der Waals surface area (Å²) >= 11 is 0. The molecular weight excluding hydrogens is 446 g/mol. The fraction of sp³-hybridized carbons (Fsp3) is 0.0500. The molecule has 1 heterocycles. The summed E-state index contributed by atoms with van der Waals surface area (Å²) in [5.74, 6) is 0. The number of pyridine rings is 1. The van der Waals surface area contributed by atoms with E-state index in [4.69, 9.17) is 0 Å². The number of hydrogen-bond donors (Lipinski definition) is 0. The van der Waals surface area contributed by atoms with Gasteiger partial charge in [0.25, 0.3) is 0 Å². The Morgan fingerprint density at radius 2 is 1.68 bits per heavy atom. The van der Waals surface area contributed by atoms with Crippen LogP contribution in [-0.2, 0) is 20.1 Å². The third kappa shape index (κ3) is 2.56. The van der Waals surface area contributed by atoms with Crippen LogP contribution in [0, 0.1) is 13.0 Å². The third-order valence-electron chi connectivity index (χ3n) is 3.87. The van der Waals surface area contributed by atoms with E-state index in [1.54, 1.807) is 0 Å². The maximum absolute atomic E-state index is 4.58. The molecule has 4 aromatic rings. The van der Waals surface area contributed by atoms with Crippen molar-refractivity contribution < 1.29 is 20.1 Å². The molecule has 0 unspecified atom stereocenters. The molecule has 0 aliphatic carbocycles. The molecule has 0 saturated carbocycles. The first-order valence-corrected chi connectivity index (χ1v) is 7.07. The van der Waals surface area contributed by atoms with E-state index in [0.29, 0.717) is 0 Å². The summed E-state index contributed by atoms with van der Waals surface area (Å²) in [5.41, 5.74) is 3.22. The molecule has 2 heteroatoms. The van der Waals surface area contributed by atoms with Gasteiger partial charge in [-0.3, -0.25) is 0 Å². The zero-order chi connectivity index (χ0) is 14.2. The predicted molar refractivity (Wildman–Crippen MR) is 88.3 cm³/mol. The number of aryl methyl sites for hydroxylation is 1. The molecule has 22 heavy (non-hydrogen) atoms. The second-order valence-electron chi connectivity index (χ2n) is 5.36. The fourth-order valence-electron chi connectivity index (χ4n) is 2.71. The topological polar surface area (TPSA) is 12.9 Å². The summed E-state index contributed by atoms with van der Waals surface area (Å²) in [7, 11) is 0. The van der Waals surface area contributed by atoms with Crippen LogP contribution in [0.1, 0.15) is 5.56 Å². The van der Waals surface area contributed by atoms with Gasteiger partial charge in [0.05, 0.1) is 0 Å². The molecule has 0 atom stereocenters. The number of hydrogen-bond acceptors (Lipinski definition) is 1. The van der Waals surface area contributed by atoms with Gasteiger partial charge in [0.15, 0.2) is 0 Å². The first-order chi connectivity index (χ1) is 10.3. The second-order valence-corrected chi connectivity index (χ2v) is 5.36. The zero-order valence-corrected chi connectivity index (χ0v) is 14.5. The summed E-state index contributed by atoms with van der Waals surface area (Å²) in [6.07, 6.45) is 1.95. The van der Waals surface area contributed by atoms with Crippen molar-refractivity contribution in [2.45, 2.75) is 6.92 Å². The van der Waals surface area contributed by atoms with Crippen LogP contribution in [-0.4, -0.2) is 4.98 Å². The van der Waals surface area contributed by atoms with E-state index in [-0.39, 0.29) is 20.1 Å². The minimum absolute atomic E-state index is 0. The van der Waals surface area contributed by atoms with Gasteiger partial charge < -0.3 is 4.98 Å². The van der Waals surface area contributed by atoms with Crippen molar-refractivity contribution >= 4 is 21.5 Å². The smallest absolute Gasteiger partial charge is 0.0239 e. The Morgan fingerprint density at radius 3 is 2.50 bits per heavy atom. The van der Waals surface area contributed by atoms with E-state index in [1.807, 2.05) is 12.3 Å². The Hall–Kier alpha value is -2.02. The average molecular weight is 461 g/mol. The Labute approximate surface area is 143 Å². The van der Waals surface area contributed by atoms with Crippen molar-refractivity contribution in [1.29, 1.82) is 0 Å². The van der Waals surface area contributed by atoms with E-state index in [9.17, 15) is 0 Å². The van der Waals surface area contributed by atoms with E-state index in [0.717, 1.165) is 11.3 Å². The van der Waals surface area contributed by atoms with Gasteiger partial charge in [0, 0.05) is 26.3 Å². The van der Waals surface area contributed by atoms with Crippen LogP contribution in [0.15, 0.2) is 66.9 Å². The van der Waals surface area contributed by atoms with E-state index < -0.39 is 0 Å². The van der Waals surface area contributed by atoms with Gasteiger partial charge in [-0.2, -0.15) is 0 Å². The maximum atomic E-state index is 4.58. The van der Waals surface area contributed by atoms with Gasteiger partial charge in [0.2, 0.25) is 0 Å². The van der Waals surface area contributed by atoms with Crippen LogP contribution in [0.2, 0.25) is 0 Å². The van der Waals surface area contributed by atoms with Gasteiger partial charge in [-0.25, -0.2) is 0 Å². The monoisotopic (exact) mass is 461 g/mol. The minimum Gasteiger partial charge on any atom is -0.304 e. The largest absolute Gasteiger partial charge is 0.304 e. The molecule has 0 N–H and O–H groups in total. The first-order valence-electron chi connectivity index (χ1n) is 7.07. The number of fused-ring (bicyclic) bond motifs is 3. The quantitative estimate of drug-likeness (QED) is 0.282. The molecule has 0 saturated heterocycles. The SMILES string of the molecule is Cc1c[c-]c(-c2cc3c(ccc4ccccc43)cn2)cc1.[Ir]. The molecule has 0 aliphatic rings. The molecule has 109 valence electrons. The Balaban J connectivity index is 0.00000144. The average Bonchev–Trinajstić information content (AvgIpc) is 2.55. The zero-order valence-electron chi connectivity index (χ0n) is 12.1. The number of benzene rings is 3. The molecular formula is C20H14IrN-. The number of nitrogens with zero attached hydrogens (tertiary/aromatic N) is 1. The van der Waals surface area contributed by atoms with Crippen LogP contribution in [0.4, 0.5) is 0 Å². The van der Waals surface area contributed by atoms with Crippen molar-refractivity contribution in [1.82, 2.24) is 4.98 Å². The Bertz CT molecular complexity index is 943. The van der Waals surface area contributed by atoms with Crippen molar-refractivity contribution in [3.63, 3.8) is 0 Å². The van der Waals surface area contributed by atoms with Gasteiger partial charge in [0.1, 0.15) is 0 Å². The Kier molecular flexibility index (Phi) is 4.06. The normalized spacial score (nSPS) is 10.6. The van der Waals surface area contributed by atoms with Crippen LogP contribution in [0.3, 0.4) is 0 Å². The molecule has 1 aromatic heterocycles. The second kappa shape index (κ2) is 6.00. The molecule has 0 spiro atoms. The molecule has 4 rings (SSSR count). The summed E-state index contributed by atoms with van der Waals surface area (Å²) in [6, 6.07) is 24.4. The molecule has 0 fully saturated rings. The molecule has 1 radical (unpaired) electrons. The van der Waals surface area contributed by atoms with Crippen molar-refractivity contribution in [2.75, 3.05) is 0 Å². The third-order valence-corrected chi connectivity index (χ3v) is 3.87. The Morgan fingerprint density at radius 1 is 0.864 bits per heavy atom. The molecule has 1 nitrogen and oxygen atoms in total. The van der Waals surface area contributed by atoms with Crippen molar-refractivity contribution in [3.8, 4) is 11.3 Å². The standard InChI is InChI=1S/C20H14N.Ir/c1-14-6-8-16(9-7-14)20-12-19-17(13-21-20)11-10-15-4-2-3-5-18(15)19;/h2-8,10-13H,1H3;/q-1;. The maximum Gasteiger partial charge on any atom is 0.0239 e. The number of rotatable bonds is 1. The summed E-state index contributed by atoms with van der Waals surface area (Å²) in [6.45, 7) is 2.07. The van der Waals surface area contributed by atoms with Crippen LogP contribution < -0.4 is 0 Å². The van der Waals surface area contributed by atoms with Crippen molar-refractivity contribution in [3.05, 3.63) is 78.5 Å². The molecule has 0 aliphatic heterocycles. The van der Waals surface area contributed by atoms with Crippen LogP contribution in [0.5, 0.6) is 0 Å². The fourth-order valence-corrected chi connectivity index (χ4v) is 2.71. The minimum atomic E-state index is 0. The van der Waals surface area contributed by atoms with E-state index in [2.05, 4.69) is 72.6 Å². The van der Waals surface area contributed by atoms with E-state index in [1.165, 1.54) is 27.1 Å². The molecule has 3 aromatic carbocycles. The van der Waals surface area contributed by atoms with Gasteiger partial charge in [-0.15, -0.1) is 35.4 Å². The van der Waals surface area contributed by atoms with Crippen molar-refractivity contribution in [2.24, 2.45) is 0 Å². The summed E-state index contributed by atoms with van der Waals surface area (Å²) in [5, 5.41) is 4.94. The van der Waals surface area contributed by atoms with E-state index >= 15 is 0 Å². The predicted octanol–water partition coefficient (Wildman–Crippen LogP) is 5.16. The number of aromatic nitrogens is 1. The van der Waals surface area contributed by atoms with Gasteiger partial charge >= 0.3 is 0 Å². The van der Waals surface area contributed by atoms with Crippen LogP contribution >= 0.6 is 0 Å².